The first-order valence-corrected chi connectivity index (χ1v) is 12.6. The molecule has 8 heteroatoms. The van der Waals surface area contributed by atoms with Crippen molar-refractivity contribution < 1.29 is 18.5 Å². The third kappa shape index (κ3) is 4.93. The number of benzene rings is 3. The smallest absolute Gasteiger partial charge is 0.417 e. The van der Waals surface area contributed by atoms with Crippen molar-refractivity contribution in [2.45, 2.75) is 24.2 Å². The summed E-state index contributed by atoms with van der Waals surface area (Å²) in [5.41, 5.74) is 1.95. The predicted octanol–water partition coefficient (Wildman–Crippen LogP) is 7.11. The van der Waals surface area contributed by atoms with Crippen molar-refractivity contribution in [1.82, 2.24) is 0 Å². The van der Waals surface area contributed by atoms with Gasteiger partial charge in [-0.05, 0) is 47.5 Å². The molecule has 0 N–H and O–H groups in total. The van der Waals surface area contributed by atoms with Crippen molar-refractivity contribution >= 4 is 23.9 Å². The predicted molar refractivity (Wildman–Crippen MR) is 118 cm³/mol. The standard InChI is InChI=1S/C22H20NO5PS/c24-23(25)19-11-13-20(14-12-19)27-29(26)28-21(17-7-3-1-4-8-17)15-16-22(30-29)18-9-5-2-6-10-18/h1-14,21-22H,15-16H2/t21-,22-,29+/m1/s1. The average Bonchev–Trinajstić information content (AvgIpc) is 2.94. The lowest BCUT2D eigenvalue weighted by atomic mass is 10.0. The van der Waals surface area contributed by atoms with Crippen LogP contribution in [0.2, 0.25) is 0 Å². The summed E-state index contributed by atoms with van der Waals surface area (Å²) in [6, 6.07) is 25.1. The minimum atomic E-state index is -3.61. The molecule has 0 unspecified atom stereocenters. The molecule has 1 aliphatic heterocycles. The summed E-state index contributed by atoms with van der Waals surface area (Å²) in [4.78, 5) is 10.4. The fourth-order valence-electron chi connectivity index (χ4n) is 3.34. The molecule has 0 saturated carbocycles. The van der Waals surface area contributed by atoms with Crippen LogP contribution in [0, 0.1) is 10.1 Å². The van der Waals surface area contributed by atoms with Crippen LogP contribution in [0.5, 0.6) is 5.75 Å². The Labute approximate surface area is 178 Å². The lowest BCUT2D eigenvalue weighted by Crippen LogP contribution is -2.02. The molecule has 0 radical (unpaired) electrons. The lowest BCUT2D eigenvalue weighted by Gasteiger charge is -2.22. The van der Waals surface area contributed by atoms with Crippen molar-refractivity contribution in [2.24, 2.45) is 0 Å². The molecule has 4 rings (SSSR count). The molecule has 0 aliphatic carbocycles. The van der Waals surface area contributed by atoms with Crippen LogP contribution in [-0.2, 0) is 9.09 Å². The van der Waals surface area contributed by atoms with Gasteiger partial charge in [0.2, 0.25) is 0 Å². The Morgan fingerprint density at radius 2 is 1.50 bits per heavy atom. The highest BCUT2D eigenvalue weighted by atomic mass is 32.7. The Hall–Kier alpha value is -2.60. The van der Waals surface area contributed by atoms with Crippen LogP contribution in [0.3, 0.4) is 0 Å². The first kappa shape index (κ1) is 20.7. The summed E-state index contributed by atoms with van der Waals surface area (Å²) in [6.07, 6.45) is 1.11. The number of rotatable bonds is 5. The molecular weight excluding hydrogens is 421 g/mol. The van der Waals surface area contributed by atoms with Gasteiger partial charge in [0.25, 0.3) is 5.69 Å². The van der Waals surface area contributed by atoms with Gasteiger partial charge in [0.1, 0.15) is 5.75 Å². The quantitative estimate of drug-likeness (QED) is 0.239. The van der Waals surface area contributed by atoms with E-state index < -0.39 is 11.7 Å². The zero-order chi connectivity index (χ0) is 21.0. The molecule has 3 aromatic carbocycles. The molecule has 3 atom stereocenters. The Morgan fingerprint density at radius 1 is 0.900 bits per heavy atom. The molecule has 1 fully saturated rings. The fourth-order valence-corrected chi connectivity index (χ4v) is 7.69. The fraction of sp³-hybridized carbons (Fsp3) is 0.182. The monoisotopic (exact) mass is 441 g/mol. The van der Waals surface area contributed by atoms with E-state index in [9.17, 15) is 14.7 Å². The van der Waals surface area contributed by atoms with Gasteiger partial charge in [-0.3, -0.25) is 14.6 Å². The van der Waals surface area contributed by atoms with E-state index in [2.05, 4.69) is 0 Å². The molecule has 0 amide bonds. The summed E-state index contributed by atoms with van der Waals surface area (Å²) in [6.45, 7) is -3.61. The number of hydrogen-bond donors (Lipinski definition) is 0. The Balaban J connectivity index is 1.64. The summed E-state index contributed by atoms with van der Waals surface area (Å²) in [5, 5.41) is 10.8. The molecule has 0 aromatic heterocycles. The highest BCUT2D eigenvalue weighted by molar-refractivity contribution is 8.55. The molecular formula is C22H20NO5PS. The van der Waals surface area contributed by atoms with Gasteiger partial charge in [-0.15, -0.1) is 0 Å². The highest BCUT2D eigenvalue weighted by Gasteiger charge is 2.39. The van der Waals surface area contributed by atoms with Gasteiger partial charge in [0.15, 0.2) is 0 Å². The maximum Gasteiger partial charge on any atom is 0.441 e. The van der Waals surface area contributed by atoms with Gasteiger partial charge in [-0.2, -0.15) is 0 Å². The van der Waals surface area contributed by atoms with Crippen LogP contribution in [0.4, 0.5) is 5.69 Å². The van der Waals surface area contributed by atoms with Crippen molar-refractivity contribution in [3.05, 3.63) is 106 Å². The van der Waals surface area contributed by atoms with Crippen LogP contribution >= 0.6 is 18.2 Å². The normalized spacial score (nSPS) is 24.0. The van der Waals surface area contributed by atoms with Crippen molar-refractivity contribution in [3.8, 4) is 5.75 Å². The van der Waals surface area contributed by atoms with Gasteiger partial charge in [0.05, 0.1) is 11.0 Å². The van der Waals surface area contributed by atoms with Crippen LogP contribution in [0.1, 0.15) is 35.3 Å². The van der Waals surface area contributed by atoms with Gasteiger partial charge in [-0.1, -0.05) is 60.7 Å². The van der Waals surface area contributed by atoms with Gasteiger partial charge < -0.3 is 4.52 Å². The molecule has 1 heterocycles. The Kier molecular flexibility index (Phi) is 6.23. The van der Waals surface area contributed by atoms with Gasteiger partial charge in [-0.25, -0.2) is 4.57 Å². The SMILES string of the molecule is O=[N+]([O-])c1ccc(O[P@@]2(=O)O[C@@H](c3ccccc3)CC[C@H](c3ccccc3)S2)cc1. The molecule has 30 heavy (non-hydrogen) atoms. The Bertz CT molecular complexity index is 993. The van der Waals surface area contributed by atoms with E-state index in [1.807, 2.05) is 60.7 Å². The van der Waals surface area contributed by atoms with Crippen LogP contribution < -0.4 is 4.52 Å². The number of hydrogen-bond acceptors (Lipinski definition) is 6. The van der Waals surface area contributed by atoms with Gasteiger partial charge in [0, 0.05) is 17.4 Å². The van der Waals surface area contributed by atoms with E-state index in [1.165, 1.54) is 35.6 Å². The Morgan fingerprint density at radius 3 is 2.10 bits per heavy atom. The van der Waals surface area contributed by atoms with E-state index in [0.29, 0.717) is 6.42 Å². The second-order valence-corrected chi connectivity index (χ2v) is 10.9. The second-order valence-electron chi connectivity index (χ2n) is 6.88. The third-order valence-electron chi connectivity index (χ3n) is 4.81. The molecule has 1 saturated heterocycles. The molecule has 3 aromatic rings. The average molecular weight is 441 g/mol. The third-order valence-corrected chi connectivity index (χ3v) is 8.80. The molecule has 1 aliphatic rings. The van der Waals surface area contributed by atoms with E-state index in [0.717, 1.165) is 17.5 Å². The summed E-state index contributed by atoms with van der Waals surface area (Å²) in [5.74, 6) is 0.275. The van der Waals surface area contributed by atoms with Crippen molar-refractivity contribution in [3.63, 3.8) is 0 Å². The summed E-state index contributed by atoms with van der Waals surface area (Å²) in [7, 11) is 0. The first-order chi connectivity index (χ1) is 14.5. The molecule has 154 valence electrons. The van der Waals surface area contributed by atoms with Crippen molar-refractivity contribution in [2.75, 3.05) is 0 Å². The summed E-state index contributed by atoms with van der Waals surface area (Å²) < 4.78 is 25.7. The largest absolute Gasteiger partial charge is 0.441 e. The van der Waals surface area contributed by atoms with E-state index in [4.69, 9.17) is 9.05 Å². The zero-order valence-electron chi connectivity index (χ0n) is 16.0. The molecule has 0 bridgehead atoms. The number of nitro groups is 1. The number of non-ortho nitro benzene ring substituents is 1. The second kappa shape index (κ2) is 9.04. The first-order valence-electron chi connectivity index (χ1n) is 9.53. The maximum atomic E-state index is 13.8. The lowest BCUT2D eigenvalue weighted by molar-refractivity contribution is -0.384. The number of nitro benzene ring substituents is 1. The van der Waals surface area contributed by atoms with Crippen LogP contribution in [0.15, 0.2) is 84.9 Å². The zero-order valence-corrected chi connectivity index (χ0v) is 17.7. The van der Waals surface area contributed by atoms with Crippen LogP contribution in [0.25, 0.3) is 0 Å². The minimum Gasteiger partial charge on any atom is -0.417 e. The highest BCUT2D eigenvalue weighted by Crippen LogP contribution is 2.70. The van der Waals surface area contributed by atoms with E-state index in [-0.39, 0.29) is 22.8 Å². The van der Waals surface area contributed by atoms with Crippen LogP contribution in [-0.4, -0.2) is 4.92 Å². The van der Waals surface area contributed by atoms with Gasteiger partial charge >= 0.3 is 6.80 Å². The maximum absolute atomic E-state index is 13.8. The molecule has 0 spiro atoms. The van der Waals surface area contributed by atoms with E-state index >= 15 is 0 Å². The molecule has 6 nitrogen and oxygen atoms in total. The van der Waals surface area contributed by atoms with E-state index in [1.54, 1.807) is 0 Å². The van der Waals surface area contributed by atoms with Crippen molar-refractivity contribution in [1.29, 1.82) is 0 Å². The summed E-state index contributed by atoms with van der Waals surface area (Å²) >= 11 is 1.19. The topological polar surface area (TPSA) is 78.7 Å². The minimum absolute atomic E-state index is 0.0520. The number of nitrogens with zero attached hydrogens (tertiary/aromatic N) is 1.